The van der Waals surface area contributed by atoms with E-state index < -0.39 is 11.9 Å². The number of ether oxygens (including phenoxy) is 2. The van der Waals surface area contributed by atoms with Crippen molar-refractivity contribution in [1.29, 1.82) is 0 Å². The van der Waals surface area contributed by atoms with Crippen LogP contribution in [0.25, 0.3) is 27.9 Å². The first-order valence-electron chi connectivity index (χ1n) is 15.4. The summed E-state index contributed by atoms with van der Waals surface area (Å²) >= 11 is 3.14. The van der Waals surface area contributed by atoms with Crippen LogP contribution in [-0.2, 0) is 9.47 Å². The number of carbonyl (C=O) groups is 2. The van der Waals surface area contributed by atoms with Gasteiger partial charge in [0.15, 0.2) is 27.3 Å². The van der Waals surface area contributed by atoms with Gasteiger partial charge in [-0.2, -0.15) is 15.3 Å². The van der Waals surface area contributed by atoms with Crippen molar-refractivity contribution in [1.82, 2.24) is 78.4 Å². The molecule has 8 heterocycles. The van der Waals surface area contributed by atoms with Crippen molar-refractivity contribution < 1.29 is 19.1 Å². The van der Waals surface area contributed by atoms with Crippen LogP contribution in [0.4, 0.5) is 0 Å². The topological polar surface area (TPSA) is 314 Å². The van der Waals surface area contributed by atoms with Crippen LogP contribution in [0, 0.1) is 0 Å². The molecule has 0 unspecified atom stereocenters. The molecule has 6 N–H and O–H groups in total. The summed E-state index contributed by atoms with van der Waals surface area (Å²) in [6, 6.07) is 9.63. The number of carbonyl (C=O) groups excluding carboxylic acids is 2. The van der Waals surface area contributed by atoms with Gasteiger partial charge < -0.3 is 35.3 Å². The minimum absolute atomic E-state index is 0. The van der Waals surface area contributed by atoms with Crippen LogP contribution in [0.1, 0.15) is 28.4 Å². The highest BCUT2D eigenvalue weighted by Gasteiger charge is 2.10. The predicted molar refractivity (Wildman–Crippen MR) is 204 cm³/mol. The number of aromatic amines is 4. The number of aromatic nitrogens is 16. The lowest BCUT2D eigenvalue weighted by Gasteiger charge is -1.98. The number of nitrogen functional groups attached to an aromatic ring is 1. The SMILES string of the molecule is C.COC(=O)c1cnc[nH]1.COC(=O)c1cncn1N.O=c1[nH]cnn2c(-c3ccccc3)ncc12.O=c1[nH]cnn2c(Br)ncc12.O=c1[nH]cnn2cncc12. The van der Waals surface area contributed by atoms with Crippen LogP contribution in [0.3, 0.4) is 0 Å². The molecule has 0 saturated carbocycles. The van der Waals surface area contributed by atoms with E-state index in [2.05, 4.69) is 85.6 Å². The van der Waals surface area contributed by atoms with Crippen molar-refractivity contribution in [2.24, 2.45) is 0 Å². The van der Waals surface area contributed by atoms with E-state index in [1.165, 1.54) is 96.7 Å². The number of hydrogen-bond donors (Lipinski definition) is 5. The van der Waals surface area contributed by atoms with E-state index in [0.717, 1.165) is 10.2 Å². The van der Waals surface area contributed by atoms with Gasteiger partial charge in [0.2, 0.25) is 0 Å². The van der Waals surface area contributed by atoms with Crippen LogP contribution >= 0.6 is 15.9 Å². The Bertz CT molecular complexity index is 2840. The molecule has 294 valence electrons. The van der Waals surface area contributed by atoms with E-state index in [-0.39, 0.29) is 29.8 Å². The second-order valence-corrected chi connectivity index (χ2v) is 11.0. The fraction of sp³-hybridized carbons (Fsp3) is 0.0938. The average molecular weight is 847 g/mol. The average Bonchev–Trinajstić information content (AvgIpc) is 4.08. The first-order chi connectivity index (χ1) is 27.1. The number of esters is 2. The smallest absolute Gasteiger partial charge is 0.358 e. The number of rotatable bonds is 3. The highest BCUT2D eigenvalue weighted by atomic mass is 79.9. The second-order valence-electron chi connectivity index (χ2n) is 10.3. The van der Waals surface area contributed by atoms with Gasteiger partial charge in [0.25, 0.3) is 16.7 Å². The maximum Gasteiger partial charge on any atom is 0.358 e. The summed E-state index contributed by atoms with van der Waals surface area (Å²) in [5.41, 5.74) is 2.32. The number of nitrogens with zero attached hydrogens (tertiary/aromatic N) is 12. The Labute approximate surface area is 326 Å². The molecule has 9 aromatic rings. The van der Waals surface area contributed by atoms with E-state index in [1.807, 2.05) is 30.3 Å². The zero-order valence-electron chi connectivity index (χ0n) is 28.9. The maximum absolute atomic E-state index is 11.5. The van der Waals surface area contributed by atoms with Crippen molar-refractivity contribution >= 4 is 44.4 Å². The third-order valence-electron chi connectivity index (χ3n) is 6.86. The highest BCUT2D eigenvalue weighted by Crippen LogP contribution is 2.16. The van der Waals surface area contributed by atoms with Gasteiger partial charge in [-0.1, -0.05) is 37.8 Å². The molecule has 0 aliphatic rings. The van der Waals surface area contributed by atoms with Crippen molar-refractivity contribution in [2.75, 3.05) is 20.1 Å². The van der Waals surface area contributed by atoms with Gasteiger partial charge in [0.1, 0.15) is 42.8 Å². The number of halogens is 1. The predicted octanol–water partition coefficient (Wildman–Crippen LogP) is 0.898. The zero-order valence-corrected chi connectivity index (χ0v) is 30.5. The molecule has 9 rings (SSSR count). The number of methoxy groups -OCH3 is 2. The van der Waals surface area contributed by atoms with E-state index in [0.29, 0.717) is 32.8 Å². The highest BCUT2D eigenvalue weighted by molar-refractivity contribution is 9.10. The van der Waals surface area contributed by atoms with Gasteiger partial charge in [-0.3, -0.25) is 14.4 Å². The van der Waals surface area contributed by atoms with E-state index in [1.54, 1.807) is 0 Å². The van der Waals surface area contributed by atoms with Gasteiger partial charge in [-0.05, 0) is 15.9 Å². The number of nitrogens with two attached hydrogens (primary N) is 1. The van der Waals surface area contributed by atoms with Gasteiger partial charge >= 0.3 is 11.9 Å². The van der Waals surface area contributed by atoms with E-state index in [9.17, 15) is 24.0 Å². The Kier molecular flexibility index (Phi) is 14.5. The second kappa shape index (κ2) is 19.8. The summed E-state index contributed by atoms with van der Waals surface area (Å²) in [7, 11) is 2.61. The van der Waals surface area contributed by atoms with Crippen LogP contribution < -0.4 is 22.5 Å². The maximum atomic E-state index is 11.5. The molecular formula is C32H32BrN17O7. The van der Waals surface area contributed by atoms with Gasteiger partial charge in [-0.15, -0.1) is 0 Å². The molecule has 0 bridgehead atoms. The minimum atomic E-state index is -0.486. The first-order valence-corrected chi connectivity index (χ1v) is 16.2. The lowest BCUT2D eigenvalue weighted by Crippen LogP contribution is -2.15. The third kappa shape index (κ3) is 10.3. The summed E-state index contributed by atoms with van der Waals surface area (Å²) in [5, 5.41) is 11.7. The van der Waals surface area contributed by atoms with Crippen molar-refractivity contribution in [3.8, 4) is 11.4 Å². The normalized spacial score (nSPS) is 9.95. The molecule has 0 aliphatic heterocycles. The number of hydrogen-bond acceptors (Lipinski definition) is 16. The molecule has 0 atom stereocenters. The Morgan fingerprint density at radius 2 is 1.26 bits per heavy atom. The summed E-state index contributed by atoms with van der Waals surface area (Å²) < 4.78 is 14.8. The lowest BCUT2D eigenvalue weighted by atomic mass is 10.2. The van der Waals surface area contributed by atoms with Crippen molar-refractivity contribution in [2.45, 2.75) is 7.43 Å². The number of benzene rings is 1. The summed E-state index contributed by atoms with van der Waals surface area (Å²) in [6.07, 6.45) is 15.4. The molecule has 8 aromatic heterocycles. The molecule has 0 spiro atoms. The monoisotopic (exact) mass is 845 g/mol. The Morgan fingerprint density at radius 3 is 1.84 bits per heavy atom. The van der Waals surface area contributed by atoms with Crippen LogP contribution in [-0.4, -0.2) is 105 Å². The largest absolute Gasteiger partial charge is 0.464 e. The Hall–Kier alpha value is -8.09. The molecule has 25 heteroatoms. The molecule has 0 fully saturated rings. The van der Waals surface area contributed by atoms with E-state index in [4.69, 9.17) is 5.84 Å². The minimum Gasteiger partial charge on any atom is -0.464 e. The number of fused-ring (bicyclic) bond motifs is 3. The Balaban J connectivity index is 0.000000160. The van der Waals surface area contributed by atoms with Gasteiger partial charge in [0.05, 0.1) is 51.5 Å². The molecule has 0 saturated heterocycles. The standard InChI is InChI=1S/C11H8N4O.C5H3BrN4O.C5H4N4O.C5H7N3O2.C5H6N2O2.CH4/c16-11-9-6-12-10(15(9)14-7-13-11)8-4-2-1-3-5-8;6-5-7-1-3-4(11)8-2-9-10(3)5;10-5-4-1-6-3-9(4)8-2-7-5;1-10-5(9)4-2-7-3-8(4)6;1-9-5(8)4-2-6-3-7-4;/h1-7H,(H,13,14,16);1-2H,(H,8,9,11);1-3H,(H,7,8,10);2-3H,6H2,1H3;2-3H,1H3,(H,6,7);1H4. The van der Waals surface area contributed by atoms with E-state index >= 15 is 0 Å². The van der Waals surface area contributed by atoms with Gasteiger partial charge in [-0.25, -0.2) is 52.7 Å². The number of imidazole rings is 5. The van der Waals surface area contributed by atoms with Crippen LogP contribution in [0.15, 0.2) is 118 Å². The zero-order chi connectivity index (χ0) is 40.0. The quantitative estimate of drug-likeness (QED) is 0.122. The van der Waals surface area contributed by atoms with Crippen molar-refractivity contribution in [3.05, 3.63) is 146 Å². The molecule has 24 nitrogen and oxygen atoms in total. The molecule has 57 heavy (non-hydrogen) atoms. The van der Waals surface area contributed by atoms with Gasteiger partial charge in [0, 0.05) is 5.56 Å². The van der Waals surface area contributed by atoms with Crippen LogP contribution in [0.5, 0.6) is 0 Å². The Morgan fingerprint density at radius 1 is 0.667 bits per heavy atom. The molecule has 0 aliphatic carbocycles. The first kappa shape index (κ1) is 41.7. The summed E-state index contributed by atoms with van der Waals surface area (Å²) in [5.74, 6) is 5.06. The fourth-order valence-corrected chi connectivity index (χ4v) is 4.62. The third-order valence-corrected chi connectivity index (χ3v) is 7.40. The molecule has 0 radical (unpaired) electrons. The lowest BCUT2D eigenvalue weighted by molar-refractivity contribution is 0.0583. The molecule has 1 aromatic carbocycles. The fourth-order valence-electron chi connectivity index (χ4n) is 4.24. The summed E-state index contributed by atoms with van der Waals surface area (Å²) in [4.78, 5) is 83.7. The van der Waals surface area contributed by atoms with Crippen molar-refractivity contribution in [3.63, 3.8) is 0 Å². The molecular weight excluding hydrogens is 814 g/mol. The summed E-state index contributed by atoms with van der Waals surface area (Å²) in [6.45, 7) is 0. The van der Waals surface area contributed by atoms with Crippen LogP contribution in [0.2, 0.25) is 0 Å². The number of nitrogens with one attached hydrogen (secondary N) is 4. The number of H-pyrrole nitrogens is 4. The molecule has 0 amide bonds.